The number of methoxy groups -OCH3 is 1. The van der Waals surface area contributed by atoms with Gasteiger partial charge in [-0.2, -0.15) is 0 Å². The number of hydrogen-bond donors (Lipinski definition) is 3. The summed E-state index contributed by atoms with van der Waals surface area (Å²) in [5.74, 6) is -0.574. The van der Waals surface area contributed by atoms with Gasteiger partial charge in [0, 0.05) is 12.2 Å². The largest absolute Gasteiger partial charge is 0.507 e. The number of nitrogens with one attached hydrogen (secondary N) is 1. The second-order valence-electron chi connectivity index (χ2n) is 4.57. The molecule has 0 bridgehead atoms. The maximum atomic E-state index is 10.9. The molecular weight excluding hydrogens is 270 g/mol. The average Bonchev–Trinajstić information content (AvgIpc) is 2.49. The van der Waals surface area contributed by atoms with Crippen LogP contribution in [0.5, 0.6) is 11.5 Å². The Hall–Kier alpha value is -2.69. The van der Waals surface area contributed by atoms with Crippen LogP contribution in [0.15, 0.2) is 42.5 Å². The first-order valence-electron chi connectivity index (χ1n) is 6.53. The lowest BCUT2D eigenvalue weighted by molar-refractivity contribution is 0.0694. The molecule has 21 heavy (non-hydrogen) atoms. The zero-order chi connectivity index (χ0) is 15.2. The Kier molecular flexibility index (Phi) is 4.66. The fraction of sp³-hybridized carbons (Fsp3) is 0.188. The number of benzene rings is 2. The number of carboxylic acid groups (broad SMARTS) is 1. The van der Waals surface area contributed by atoms with Gasteiger partial charge in [-0.15, -0.1) is 0 Å². The summed E-state index contributed by atoms with van der Waals surface area (Å²) in [5, 5.41) is 21.5. The molecule has 0 aliphatic carbocycles. The zero-order valence-corrected chi connectivity index (χ0v) is 11.7. The standard InChI is InChI=1S/C16H17NO4/c1-21-13-4-2-3-11(9-13)7-8-17-12-5-6-15(18)14(10-12)16(19)20/h2-6,9-10,17-18H,7-8H2,1H3,(H,19,20). The second kappa shape index (κ2) is 6.65. The van der Waals surface area contributed by atoms with E-state index in [1.807, 2.05) is 24.3 Å². The number of anilines is 1. The summed E-state index contributed by atoms with van der Waals surface area (Å²) in [5.41, 5.74) is 1.67. The minimum atomic E-state index is -1.15. The molecule has 110 valence electrons. The molecule has 0 atom stereocenters. The predicted molar refractivity (Wildman–Crippen MR) is 80.3 cm³/mol. The third-order valence-corrected chi connectivity index (χ3v) is 3.10. The summed E-state index contributed by atoms with van der Waals surface area (Å²) >= 11 is 0. The van der Waals surface area contributed by atoms with Crippen LogP contribution in [0, 0.1) is 0 Å². The van der Waals surface area contributed by atoms with Crippen molar-refractivity contribution in [3.63, 3.8) is 0 Å². The number of aromatic hydroxyl groups is 1. The van der Waals surface area contributed by atoms with E-state index in [1.54, 1.807) is 13.2 Å². The Morgan fingerprint density at radius 2 is 2.05 bits per heavy atom. The maximum Gasteiger partial charge on any atom is 0.339 e. The Labute approximate surface area is 122 Å². The van der Waals surface area contributed by atoms with Crippen LogP contribution in [0.25, 0.3) is 0 Å². The smallest absolute Gasteiger partial charge is 0.339 e. The van der Waals surface area contributed by atoms with E-state index in [2.05, 4.69) is 5.32 Å². The van der Waals surface area contributed by atoms with Crippen molar-refractivity contribution in [2.24, 2.45) is 0 Å². The van der Waals surface area contributed by atoms with Crippen LogP contribution in [0.3, 0.4) is 0 Å². The van der Waals surface area contributed by atoms with Gasteiger partial charge in [0.1, 0.15) is 17.1 Å². The SMILES string of the molecule is COc1cccc(CCNc2ccc(O)c(C(=O)O)c2)c1. The fourth-order valence-corrected chi connectivity index (χ4v) is 2.00. The summed E-state index contributed by atoms with van der Waals surface area (Å²) in [7, 11) is 1.63. The molecule has 0 heterocycles. The molecule has 0 spiro atoms. The molecule has 0 aliphatic heterocycles. The highest BCUT2D eigenvalue weighted by molar-refractivity contribution is 5.91. The van der Waals surface area contributed by atoms with Crippen LogP contribution in [0.4, 0.5) is 5.69 Å². The average molecular weight is 287 g/mol. The molecule has 2 rings (SSSR count). The third kappa shape index (κ3) is 3.89. The van der Waals surface area contributed by atoms with Crippen LogP contribution in [0.2, 0.25) is 0 Å². The van der Waals surface area contributed by atoms with E-state index < -0.39 is 5.97 Å². The second-order valence-corrected chi connectivity index (χ2v) is 4.57. The van der Waals surface area contributed by atoms with Gasteiger partial charge in [0.2, 0.25) is 0 Å². The molecule has 2 aromatic rings. The number of ether oxygens (including phenoxy) is 1. The van der Waals surface area contributed by atoms with Crippen molar-refractivity contribution in [2.75, 3.05) is 19.0 Å². The number of aromatic carboxylic acids is 1. The van der Waals surface area contributed by atoms with Crippen molar-refractivity contribution < 1.29 is 19.7 Å². The topological polar surface area (TPSA) is 78.8 Å². The van der Waals surface area contributed by atoms with Gasteiger partial charge >= 0.3 is 5.97 Å². The molecule has 0 unspecified atom stereocenters. The van der Waals surface area contributed by atoms with Gasteiger partial charge in [0.15, 0.2) is 0 Å². The molecule has 2 aromatic carbocycles. The predicted octanol–water partition coefficient (Wildman–Crippen LogP) is 2.75. The van der Waals surface area contributed by atoms with Crippen molar-refractivity contribution in [2.45, 2.75) is 6.42 Å². The monoisotopic (exact) mass is 287 g/mol. The molecular formula is C16H17NO4. The van der Waals surface area contributed by atoms with Gasteiger partial charge in [-0.1, -0.05) is 12.1 Å². The maximum absolute atomic E-state index is 10.9. The number of hydrogen-bond acceptors (Lipinski definition) is 4. The Balaban J connectivity index is 1.97. The van der Waals surface area contributed by atoms with Crippen LogP contribution in [-0.4, -0.2) is 29.8 Å². The summed E-state index contributed by atoms with van der Waals surface area (Å²) in [6, 6.07) is 12.2. The van der Waals surface area contributed by atoms with Crippen molar-refractivity contribution in [3.8, 4) is 11.5 Å². The lowest BCUT2D eigenvalue weighted by Gasteiger charge is -2.09. The first-order valence-corrected chi connectivity index (χ1v) is 6.53. The van der Waals surface area contributed by atoms with Gasteiger partial charge in [0.05, 0.1) is 7.11 Å². The number of carbonyl (C=O) groups is 1. The van der Waals surface area contributed by atoms with E-state index in [0.29, 0.717) is 12.2 Å². The highest BCUT2D eigenvalue weighted by Crippen LogP contribution is 2.21. The van der Waals surface area contributed by atoms with Crippen molar-refractivity contribution in [1.29, 1.82) is 0 Å². The first kappa shape index (κ1) is 14.7. The first-order chi connectivity index (χ1) is 10.1. The van der Waals surface area contributed by atoms with Gasteiger partial charge in [-0.3, -0.25) is 0 Å². The zero-order valence-electron chi connectivity index (χ0n) is 11.7. The summed E-state index contributed by atoms with van der Waals surface area (Å²) in [6.45, 7) is 0.650. The molecule has 0 aromatic heterocycles. The van der Waals surface area contributed by atoms with E-state index in [1.165, 1.54) is 12.1 Å². The van der Waals surface area contributed by atoms with Gasteiger partial charge in [0.25, 0.3) is 0 Å². The van der Waals surface area contributed by atoms with Crippen LogP contribution < -0.4 is 10.1 Å². The Bertz CT molecular complexity index is 640. The van der Waals surface area contributed by atoms with Crippen LogP contribution in [-0.2, 0) is 6.42 Å². The van der Waals surface area contributed by atoms with Crippen LogP contribution >= 0.6 is 0 Å². The van der Waals surface area contributed by atoms with Crippen LogP contribution in [0.1, 0.15) is 15.9 Å². The minimum Gasteiger partial charge on any atom is -0.507 e. The minimum absolute atomic E-state index is 0.110. The third-order valence-electron chi connectivity index (χ3n) is 3.10. The normalized spacial score (nSPS) is 10.1. The Morgan fingerprint density at radius 1 is 1.24 bits per heavy atom. The molecule has 0 amide bonds. The van der Waals surface area contributed by atoms with Gasteiger partial charge in [-0.05, 0) is 42.3 Å². The molecule has 5 heteroatoms. The molecule has 0 saturated carbocycles. The fourth-order valence-electron chi connectivity index (χ4n) is 2.00. The lowest BCUT2D eigenvalue weighted by atomic mass is 10.1. The molecule has 0 radical (unpaired) electrons. The van der Waals surface area contributed by atoms with Crippen molar-refractivity contribution in [1.82, 2.24) is 0 Å². The molecule has 0 saturated heterocycles. The van der Waals surface area contributed by atoms with Crippen molar-refractivity contribution in [3.05, 3.63) is 53.6 Å². The quantitative estimate of drug-likeness (QED) is 0.712. The molecule has 5 nitrogen and oxygen atoms in total. The van der Waals surface area contributed by atoms with E-state index in [9.17, 15) is 9.90 Å². The van der Waals surface area contributed by atoms with Gasteiger partial charge in [-0.25, -0.2) is 4.79 Å². The summed E-state index contributed by atoms with van der Waals surface area (Å²) in [6.07, 6.45) is 0.778. The molecule has 0 fully saturated rings. The highest BCUT2D eigenvalue weighted by Gasteiger charge is 2.09. The summed E-state index contributed by atoms with van der Waals surface area (Å²) in [4.78, 5) is 10.9. The van der Waals surface area contributed by atoms with Gasteiger partial charge < -0.3 is 20.3 Å². The van der Waals surface area contributed by atoms with E-state index in [4.69, 9.17) is 9.84 Å². The number of phenols is 1. The van der Waals surface area contributed by atoms with E-state index >= 15 is 0 Å². The lowest BCUT2D eigenvalue weighted by Crippen LogP contribution is -2.06. The molecule has 0 aliphatic rings. The molecule has 3 N–H and O–H groups in total. The number of carboxylic acids is 1. The van der Waals surface area contributed by atoms with E-state index in [-0.39, 0.29) is 11.3 Å². The highest BCUT2D eigenvalue weighted by atomic mass is 16.5. The number of rotatable bonds is 6. The summed E-state index contributed by atoms with van der Waals surface area (Å²) < 4.78 is 5.16. The van der Waals surface area contributed by atoms with E-state index in [0.717, 1.165) is 17.7 Å². The Morgan fingerprint density at radius 3 is 2.76 bits per heavy atom. The van der Waals surface area contributed by atoms with Crippen molar-refractivity contribution >= 4 is 11.7 Å².